The third kappa shape index (κ3) is 7.17. The highest BCUT2D eigenvalue weighted by molar-refractivity contribution is 5.40. The largest absolute Gasteiger partial charge is 0.395 e. The van der Waals surface area contributed by atoms with Crippen molar-refractivity contribution in [3.8, 4) is 11.8 Å². The van der Waals surface area contributed by atoms with Gasteiger partial charge in [0.25, 0.3) is 0 Å². The van der Waals surface area contributed by atoms with Crippen LogP contribution in [0.2, 0.25) is 0 Å². The van der Waals surface area contributed by atoms with E-state index in [1.165, 1.54) is 0 Å². The van der Waals surface area contributed by atoms with E-state index in [1.807, 2.05) is 24.3 Å². The molecule has 1 aromatic carbocycles. The SMILES string of the molecule is OCCC#Cc1ccccc1COCCCC(F)(F)F. The minimum absolute atomic E-state index is 0.00308. The van der Waals surface area contributed by atoms with E-state index in [0.717, 1.165) is 11.1 Å². The lowest BCUT2D eigenvalue weighted by Gasteiger charge is -2.08. The van der Waals surface area contributed by atoms with Gasteiger partial charge in [-0.3, -0.25) is 0 Å². The summed E-state index contributed by atoms with van der Waals surface area (Å²) < 4.78 is 41.1. The van der Waals surface area contributed by atoms with Crippen molar-refractivity contribution in [3.05, 3.63) is 35.4 Å². The highest BCUT2D eigenvalue weighted by Gasteiger charge is 2.25. The maximum Gasteiger partial charge on any atom is 0.389 e. The van der Waals surface area contributed by atoms with Gasteiger partial charge in [0.1, 0.15) is 0 Å². The van der Waals surface area contributed by atoms with Crippen LogP contribution in [0.25, 0.3) is 0 Å². The molecule has 2 nitrogen and oxygen atoms in total. The molecule has 1 aromatic rings. The molecule has 0 spiro atoms. The van der Waals surface area contributed by atoms with Crippen LogP contribution in [-0.4, -0.2) is 24.5 Å². The van der Waals surface area contributed by atoms with Gasteiger partial charge in [-0.15, -0.1) is 0 Å². The maximum atomic E-state index is 11.9. The van der Waals surface area contributed by atoms with Crippen LogP contribution in [0, 0.1) is 11.8 Å². The van der Waals surface area contributed by atoms with Crippen molar-refractivity contribution in [2.75, 3.05) is 13.2 Å². The van der Waals surface area contributed by atoms with Gasteiger partial charge in [0, 0.05) is 25.0 Å². The van der Waals surface area contributed by atoms with Crippen LogP contribution in [0.15, 0.2) is 24.3 Å². The summed E-state index contributed by atoms with van der Waals surface area (Å²) in [5.74, 6) is 5.72. The molecule has 110 valence electrons. The summed E-state index contributed by atoms with van der Waals surface area (Å²) in [6, 6.07) is 7.30. The fraction of sp³-hybridized carbons (Fsp3) is 0.467. The second-order valence-corrected chi connectivity index (χ2v) is 4.20. The highest BCUT2D eigenvalue weighted by atomic mass is 19.4. The van der Waals surface area contributed by atoms with E-state index in [2.05, 4.69) is 11.8 Å². The summed E-state index contributed by atoms with van der Waals surface area (Å²) in [7, 11) is 0. The minimum atomic E-state index is -4.13. The Labute approximate surface area is 116 Å². The Balaban J connectivity index is 2.42. The number of benzene rings is 1. The number of hydrogen-bond acceptors (Lipinski definition) is 2. The number of hydrogen-bond donors (Lipinski definition) is 1. The summed E-state index contributed by atoms with van der Waals surface area (Å²) in [4.78, 5) is 0. The number of rotatable bonds is 6. The van der Waals surface area contributed by atoms with Gasteiger partial charge in [-0.1, -0.05) is 30.0 Å². The Hall–Kier alpha value is -1.51. The third-order valence-corrected chi connectivity index (χ3v) is 2.48. The minimum Gasteiger partial charge on any atom is -0.395 e. The van der Waals surface area contributed by atoms with Gasteiger partial charge in [-0.2, -0.15) is 13.2 Å². The quantitative estimate of drug-likeness (QED) is 0.642. The van der Waals surface area contributed by atoms with Gasteiger partial charge >= 0.3 is 6.18 Å². The molecule has 0 aliphatic rings. The molecule has 0 bridgehead atoms. The van der Waals surface area contributed by atoms with E-state index in [9.17, 15) is 13.2 Å². The molecule has 0 saturated heterocycles. The lowest BCUT2D eigenvalue weighted by atomic mass is 10.1. The van der Waals surface area contributed by atoms with E-state index in [1.54, 1.807) is 0 Å². The monoisotopic (exact) mass is 286 g/mol. The average Bonchev–Trinajstić information content (AvgIpc) is 2.39. The van der Waals surface area contributed by atoms with Crippen LogP contribution < -0.4 is 0 Å². The zero-order valence-electron chi connectivity index (χ0n) is 11.0. The predicted octanol–water partition coefficient (Wildman–Crippen LogP) is 3.28. The van der Waals surface area contributed by atoms with Crippen molar-refractivity contribution in [3.63, 3.8) is 0 Å². The number of ether oxygens (including phenoxy) is 1. The Morgan fingerprint density at radius 1 is 1.20 bits per heavy atom. The molecular weight excluding hydrogens is 269 g/mol. The van der Waals surface area contributed by atoms with Crippen molar-refractivity contribution < 1.29 is 23.0 Å². The standard InChI is InChI=1S/C15H17F3O2/c16-15(17,18)9-5-11-20-12-14-8-2-1-6-13(14)7-3-4-10-19/h1-2,6,8,19H,4-5,9-12H2. The first-order valence-corrected chi connectivity index (χ1v) is 6.35. The topological polar surface area (TPSA) is 29.5 Å². The Bertz CT molecular complexity index is 458. The lowest BCUT2D eigenvalue weighted by Crippen LogP contribution is -2.08. The zero-order chi connectivity index (χ0) is 14.8. The smallest absolute Gasteiger partial charge is 0.389 e. The van der Waals surface area contributed by atoms with Gasteiger partial charge in [0.2, 0.25) is 0 Å². The highest BCUT2D eigenvalue weighted by Crippen LogP contribution is 2.21. The first-order chi connectivity index (χ1) is 9.53. The van der Waals surface area contributed by atoms with Crippen LogP contribution in [0.1, 0.15) is 30.4 Å². The summed E-state index contributed by atoms with van der Waals surface area (Å²) in [6.45, 7) is 0.308. The average molecular weight is 286 g/mol. The second-order valence-electron chi connectivity index (χ2n) is 4.20. The van der Waals surface area contributed by atoms with Gasteiger partial charge in [0.15, 0.2) is 0 Å². The molecule has 20 heavy (non-hydrogen) atoms. The number of halogens is 3. The molecule has 1 N–H and O–H groups in total. The Morgan fingerprint density at radius 2 is 1.95 bits per heavy atom. The normalized spacial score (nSPS) is 11.0. The fourth-order valence-electron chi connectivity index (χ4n) is 1.54. The van der Waals surface area contributed by atoms with Crippen molar-refractivity contribution in [2.45, 2.75) is 32.0 Å². The van der Waals surface area contributed by atoms with Crippen molar-refractivity contribution in [1.82, 2.24) is 0 Å². The summed E-state index contributed by atoms with van der Waals surface area (Å²) in [5, 5.41) is 8.66. The predicted molar refractivity (Wildman–Crippen MR) is 70.0 cm³/mol. The van der Waals surface area contributed by atoms with E-state index in [-0.39, 0.29) is 26.2 Å². The van der Waals surface area contributed by atoms with Crippen LogP contribution in [0.4, 0.5) is 13.2 Å². The number of alkyl halides is 3. The molecule has 0 heterocycles. The summed E-state index contributed by atoms with van der Waals surface area (Å²) in [6.07, 6.45) is -4.61. The molecule has 1 rings (SSSR count). The molecule has 0 radical (unpaired) electrons. The van der Waals surface area contributed by atoms with Crippen LogP contribution in [0.3, 0.4) is 0 Å². The molecule has 0 saturated carbocycles. The van der Waals surface area contributed by atoms with Gasteiger partial charge in [-0.05, 0) is 18.1 Å². The van der Waals surface area contributed by atoms with Crippen LogP contribution in [-0.2, 0) is 11.3 Å². The number of aliphatic hydroxyl groups excluding tert-OH is 1. The van der Waals surface area contributed by atoms with Gasteiger partial charge < -0.3 is 9.84 Å². The van der Waals surface area contributed by atoms with Crippen LogP contribution >= 0.6 is 0 Å². The molecule has 5 heteroatoms. The summed E-state index contributed by atoms with van der Waals surface area (Å²) in [5.41, 5.74) is 1.61. The third-order valence-electron chi connectivity index (χ3n) is 2.48. The Kier molecular flexibility index (Phi) is 7.13. The zero-order valence-corrected chi connectivity index (χ0v) is 11.0. The molecular formula is C15H17F3O2. The molecule has 0 atom stereocenters. The first kappa shape index (κ1) is 16.5. The lowest BCUT2D eigenvalue weighted by molar-refractivity contribution is -0.138. The van der Waals surface area contributed by atoms with E-state index < -0.39 is 12.6 Å². The van der Waals surface area contributed by atoms with Gasteiger partial charge in [-0.25, -0.2) is 0 Å². The fourth-order valence-corrected chi connectivity index (χ4v) is 1.54. The van der Waals surface area contributed by atoms with Crippen molar-refractivity contribution >= 4 is 0 Å². The Morgan fingerprint density at radius 3 is 2.65 bits per heavy atom. The molecule has 0 fully saturated rings. The van der Waals surface area contributed by atoms with E-state index in [4.69, 9.17) is 9.84 Å². The molecule has 0 aromatic heterocycles. The molecule has 0 unspecified atom stereocenters. The maximum absolute atomic E-state index is 11.9. The van der Waals surface area contributed by atoms with Gasteiger partial charge in [0.05, 0.1) is 13.2 Å². The van der Waals surface area contributed by atoms with Crippen LogP contribution in [0.5, 0.6) is 0 Å². The molecule has 0 aliphatic heterocycles. The van der Waals surface area contributed by atoms with E-state index in [0.29, 0.717) is 6.42 Å². The van der Waals surface area contributed by atoms with E-state index >= 15 is 0 Å². The number of aliphatic hydroxyl groups is 1. The molecule has 0 amide bonds. The second kappa shape index (κ2) is 8.62. The first-order valence-electron chi connectivity index (χ1n) is 6.35. The van der Waals surface area contributed by atoms with Crippen molar-refractivity contribution in [1.29, 1.82) is 0 Å². The van der Waals surface area contributed by atoms with Crippen molar-refractivity contribution in [2.24, 2.45) is 0 Å². The summed E-state index contributed by atoms with van der Waals surface area (Å²) >= 11 is 0. The molecule has 0 aliphatic carbocycles.